The van der Waals surface area contributed by atoms with Gasteiger partial charge in [0.25, 0.3) is 0 Å². The highest BCUT2D eigenvalue weighted by atomic mass is 19.1. The molecule has 0 spiro atoms. The number of anilines is 1. The highest BCUT2D eigenvalue weighted by Crippen LogP contribution is 2.13. The second-order valence-corrected chi connectivity index (χ2v) is 2.49. The predicted octanol–water partition coefficient (Wildman–Crippen LogP) is 1.42. The number of amides is 1. The van der Waals surface area contributed by atoms with Crippen LogP contribution in [-0.4, -0.2) is 13.0 Å². The molecule has 0 unspecified atom stereocenters. The van der Waals surface area contributed by atoms with Crippen LogP contribution in [0.15, 0.2) is 24.3 Å². The molecule has 0 aliphatic carbocycles. The van der Waals surface area contributed by atoms with Gasteiger partial charge in [-0.3, -0.25) is 4.79 Å². The Morgan fingerprint density at radius 2 is 2.31 bits per heavy atom. The first-order valence-electron chi connectivity index (χ1n) is 3.65. The fourth-order valence-corrected chi connectivity index (χ4v) is 0.899. The molecule has 0 aliphatic rings. The number of carbonyl (C=O) groups excluding carboxylic acids is 1. The summed E-state index contributed by atoms with van der Waals surface area (Å²) in [5.41, 5.74) is 0.447. The zero-order valence-corrected chi connectivity index (χ0v) is 7.12. The highest BCUT2D eigenvalue weighted by Gasteiger charge is 2.07. The first kappa shape index (κ1) is 9.27. The van der Waals surface area contributed by atoms with Crippen LogP contribution in [0.1, 0.15) is 0 Å². The summed E-state index contributed by atoms with van der Waals surface area (Å²) in [6.45, 7) is 0. The number of hydrogen-bond donors (Lipinski definition) is 0. The van der Waals surface area contributed by atoms with Crippen molar-refractivity contribution in [1.29, 1.82) is 0 Å². The third-order valence-electron chi connectivity index (χ3n) is 1.62. The quantitative estimate of drug-likeness (QED) is 0.594. The van der Waals surface area contributed by atoms with Crippen LogP contribution in [0.4, 0.5) is 10.1 Å². The molecule has 0 heterocycles. The Hall–Kier alpha value is -1.82. The van der Waals surface area contributed by atoms with E-state index < -0.39 is 11.7 Å². The lowest BCUT2D eigenvalue weighted by Gasteiger charge is -2.13. The minimum atomic E-state index is -0.495. The van der Waals surface area contributed by atoms with E-state index in [2.05, 4.69) is 0 Å². The zero-order chi connectivity index (χ0) is 9.84. The van der Waals surface area contributed by atoms with E-state index in [0.717, 1.165) is 0 Å². The van der Waals surface area contributed by atoms with Crippen molar-refractivity contribution >= 4 is 11.6 Å². The number of hydrogen-bond acceptors (Lipinski definition) is 1. The van der Waals surface area contributed by atoms with E-state index in [1.807, 2.05) is 5.92 Å². The molecule has 0 N–H and O–H groups in total. The predicted molar refractivity (Wildman–Crippen MR) is 48.6 cm³/mol. The van der Waals surface area contributed by atoms with Crippen LogP contribution in [0.25, 0.3) is 0 Å². The van der Waals surface area contributed by atoms with Crippen LogP contribution in [0, 0.1) is 18.2 Å². The average molecular weight is 177 g/mol. The fourth-order valence-electron chi connectivity index (χ4n) is 0.899. The van der Waals surface area contributed by atoms with Gasteiger partial charge in [-0.15, -0.1) is 6.42 Å². The SMILES string of the molecule is C#CC(=O)N(C)c1cccc(F)c1. The number of halogens is 1. The van der Waals surface area contributed by atoms with Crippen molar-refractivity contribution in [3.05, 3.63) is 30.1 Å². The fraction of sp³-hybridized carbons (Fsp3) is 0.100. The Kier molecular flexibility index (Phi) is 2.65. The molecule has 1 amide bonds. The Bertz CT molecular complexity index is 367. The normalized spacial score (nSPS) is 9.00. The van der Waals surface area contributed by atoms with Crippen molar-refractivity contribution in [2.24, 2.45) is 0 Å². The molecular formula is C10H8FNO. The third-order valence-corrected chi connectivity index (χ3v) is 1.62. The first-order valence-corrected chi connectivity index (χ1v) is 3.65. The summed E-state index contributed by atoms with van der Waals surface area (Å²) in [7, 11) is 1.50. The van der Waals surface area contributed by atoms with Crippen LogP contribution < -0.4 is 4.90 Å². The summed E-state index contributed by atoms with van der Waals surface area (Å²) in [6, 6.07) is 5.68. The van der Waals surface area contributed by atoms with E-state index in [1.54, 1.807) is 6.07 Å². The van der Waals surface area contributed by atoms with Crippen LogP contribution >= 0.6 is 0 Å². The Morgan fingerprint density at radius 1 is 1.62 bits per heavy atom. The summed E-state index contributed by atoms with van der Waals surface area (Å²) in [5.74, 6) is 1.06. The molecule has 0 aliphatic heterocycles. The molecule has 0 atom stereocenters. The van der Waals surface area contributed by atoms with Gasteiger partial charge in [0, 0.05) is 12.7 Å². The van der Waals surface area contributed by atoms with E-state index in [-0.39, 0.29) is 0 Å². The lowest BCUT2D eigenvalue weighted by Crippen LogP contribution is -2.24. The first-order chi connectivity index (χ1) is 6.15. The topological polar surface area (TPSA) is 20.3 Å². The third kappa shape index (κ3) is 2.06. The van der Waals surface area contributed by atoms with Gasteiger partial charge in [0.15, 0.2) is 0 Å². The Labute approximate surface area is 76.0 Å². The van der Waals surface area contributed by atoms with Crippen LogP contribution in [0.3, 0.4) is 0 Å². The number of benzene rings is 1. The van der Waals surface area contributed by atoms with Crippen LogP contribution in [-0.2, 0) is 4.79 Å². The van der Waals surface area contributed by atoms with E-state index in [1.165, 1.54) is 30.1 Å². The molecule has 0 bridgehead atoms. The van der Waals surface area contributed by atoms with Gasteiger partial charge in [0.1, 0.15) is 5.82 Å². The minimum Gasteiger partial charge on any atom is -0.305 e. The maximum absolute atomic E-state index is 12.7. The molecule has 0 fully saturated rings. The number of rotatable bonds is 1. The minimum absolute atomic E-state index is 0.394. The van der Waals surface area contributed by atoms with Crippen LogP contribution in [0.2, 0.25) is 0 Å². The van der Waals surface area contributed by atoms with Gasteiger partial charge in [0.2, 0.25) is 0 Å². The van der Waals surface area contributed by atoms with Gasteiger partial charge >= 0.3 is 5.91 Å². The van der Waals surface area contributed by atoms with Gasteiger partial charge < -0.3 is 4.90 Å². The molecule has 0 aromatic heterocycles. The lowest BCUT2D eigenvalue weighted by atomic mass is 10.3. The molecular weight excluding hydrogens is 169 g/mol. The summed E-state index contributed by atoms with van der Waals surface area (Å²) in [6.07, 6.45) is 4.91. The van der Waals surface area contributed by atoms with Gasteiger partial charge in [-0.1, -0.05) is 6.07 Å². The van der Waals surface area contributed by atoms with Crippen LogP contribution in [0.5, 0.6) is 0 Å². The van der Waals surface area contributed by atoms with Crippen molar-refractivity contribution < 1.29 is 9.18 Å². The standard InChI is InChI=1S/C10H8FNO/c1-3-10(13)12(2)9-6-4-5-8(11)7-9/h1,4-7H,2H3. The smallest absolute Gasteiger partial charge is 0.302 e. The second-order valence-electron chi connectivity index (χ2n) is 2.49. The summed E-state index contributed by atoms with van der Waals surface area (Å²) < 4.78 is 12.7. The van der Waals surface area contributed by atoms with Crippen molar-refractivity contribution in [2.75, 3.05) is 11.9 Å². The van der Waals surface area contributed by atoms with Crippen molar-refractivity contribution in [2.45, 2.75) is 0 Å². The van der Waals surface area contributed by atoms with Gasteiger partial charge in [0.05, 0.1) is 0 Å². The molecule has 1 aromatic carbocycles. The molecule has 2 nitrogen and oxygen atoms in total. The van der Waals surface area contributed by atoms with Gasteiger partial charge in [-0.2, -0.15) is 0 Å². The number of terminal acetylenes is 1. The molecule has 0 saturated carbocycles. The summed E-state index contributed by atoms with van der Waals surface area (Å²) in [4.78, 5) is 12.2. The molecule has 1 aromatic rings. The van der Waals surface area contributed by atoms with Gasteiger partial charge in [-0.25, -0.2) is 4.39 Å². The van der Waals surface area contributed by atoms with E-state index in [0.29, 0.717) is 5.69 Å². The molecule has 0 radical (unpaired) electrons. The maximum atomic E-state index is 12.7. The van der Waals surface area contributed by atoms with Crippen molar-refractivity contribution in [1.82, 2.24) is 0 Å². The average Bonchev–Trinajstić information content (AvgIpc) is 2.15. The molecule has 13 heavy (non-hydrogen) atoms. The monoisotopic (exact) mass is 177 g/mol. The largest absolute Gasteiger partial charge is 0.305 e. The van der Waals surface area contributed by atoms with E-state index >= 15 is 0 Å². The Morgan fingerprint density at radius 3 is 2.85 bits per heavy atom. The van der Waals surface area contributed by atoms with E-state index in [4.69, 9.17) is 6.42 Å². The van der Waals surface area contributed by atoms with E-state index in [9.17, 15) is 9.18 Å². The molecule has 66 valence electrons. The van der Waals surface area contributed by atoms with Crippen molar-refractivity contribution in [3.8, 4) is 12.3 Å². The maximum Gasteiger partial charge on any atom is 0.302 e. The lowest BCUT2D eigenvalue weighted by molar-refractivity contribution is -0.113. The van der Waals surface area contributed by atoms with Crippen molar-refractivity contribution in [3.63, 3.8) is 0 Å². The number of carbonyl (C=O) groups is 1. The molecule has 1 rings (SSSR count). The number of nitrogens with zero attached hydrogens (tertiary/aromatic N) is 1. The Balaban J connectivity index is 2.96. The molecule has 3 heteroatoms. The summed E-state index contributed by atoms with van der Waals surface area (Å²) >= 11 is 0. The zero-order valence-electron chi connectivity index (χ0n) is 7.12. The summed E-state index contributed by atoms with van der Waals surface area (Å²) in [5, 5.41) is 0. The molecule has 0 saturated heterocycles. The highest BCUT2D eigenvalue weighted by molar-refractivity contribution is 6.04. The second kappa shape index (κ2) is 3.72. The van der Waals surface area contributed by atoms with Gasteiger partial charge in [-0.05, 0) is 24.1 Å².